The van der Waals surface area contributed by atoms with E-state index in [4.69, 9.17) is 0 Å². The monoisotopic (exact) mass is 374 g/mol. The molecule has 140 valence electrons. The lowest BCUT2D eigenvalue weighted by Crippen LogP contribution is -2.58. The first-order valence-electron chi connectivity index (χ1n) is 9.29. The second kappa shape index (κ2) is 7.50. The lowest BCUT2D eigenvalue weighted by atomic mass is 10.0. The van der Waals surface area contributed by atoms with Gasteiger partial charge in [0.2, 0.25) is 0 Å². The Balaban J connectivity index is 1.41. The molecule has 2 fully saturated rings. The third-order valence-electron chi connectivity index (χ3n) is 5.56. The molecule has 0 unspecified atom stereocenters. The summed E-state index contributed by atoms with van der Waals surface area (Å²) < 4.78 is 26.7. The fourth-order valence-electron chi connectivity index (χ4n) is 4.26. The number of fused-ring (bicyclic) bond motifs is 1. The predicted octanol–water partition coefficient (Wildman–Crippen LogP) is 1.26. The van der Waals surface area contributed by atoms with Crippen molar-refractivity contribution in [2.75, 3.05) is 31.1 Å². The highest BCUT2D eigenvalue weighted by molar-refractivity contribution is 7.91. The van der Waals surface area contributed by atoms with Crippen LogP contribution in [0.25, 0.3) is 0 Å². The number of nitrogens with zero attached hydrogens (tertiary/aromatic N) is 4. The first-order chi connectivity index (χ1) is 12.6. The quantitative estimate of drug-likeness (QED) is 0.762. The Morgan fingerprint density at radius 2 is 1.73 bits per heavy atom. The average Bonchev–Trinajstić information content (AvgIpc) is 3.24. The number of rotatable bonds is 6. The second-order valence-electron chi connectivity index (χ2n) is 7.36. The third-order valence-corrected chi connectivity index (χ3v) is 7.25. The van der Waals surface area contributed by atoms with Crippen LogP contribution in [0.4, 0.5) is 0 Å². The van der Waals surface area contributed by atoms with E-state index in [9.17, 15) is 8.42 Å². The van der Waals surface area contributed by atoms with Crippen LogP contribution in [0.5, 0.6) is 0 Å². The maximum atomic E-state index is 12.3. The molecule has 2 aliphatic rings. The lowest BCUT2D eigenvalue weighted by molar-refractivity contribution is 0.0391. The van der Waals surface area contributed by atoms with Crippen molar-refractivity contribution in [1.82, 2.24) is 19.4 Å². The number of aromatic nitrogens is 2. The van der Waals surface area contributed by atoms with Gasteiger partial charge in [-0.25, -0.2) is 13.4 Å². The molecule has 2 atom stereocenters. The maximum Gasteiger partial charge on any atom is 0.153 e. The zero-order valence-electron chi connectivity index (χ0n) is 14.9. The van der Waals surface area contributed by atoms with Crippen molar-refractivity contribution < 1.29 is 8.42 Å². The van der Waals surface area contributed by atoms with Crippen LogP contribution in [0, 0.1) is 0 Å². The van der Waals surface area contributed by atoms with E-state index in [2.05, 4.69) is 31.5 Å². The summed E-state index contributed by atoms with van der Waals surface area (Å²) in [5.41, 5.74) is 1.25. The van der Waals surface area contributed by atoms with Gasteiger partial charge in [0.05, 0.1) is 17.8 Å². The minimum Gasteiger partial charge on any atom is -0.337 e. The van der Waals surface area contributed by atoms with Gasteiger partial charge >= 0.3 is 0 Å². The van der Waals surface area contributed by atoms with Gasteiger partial charge in [-0.3, -0.25) is 9.80 Å². The van der Waals surface area contributed by atoms with Crippen molar-refractivity contribution in [2.24, 2.45) is 0 Å². The fraction of sp³-hybridized carbons (Fsp3) is 0.526. The smallest absolute Gasteiger partial charge is 0.153 e. The Bertz CT molecular complexity index is 807. The van der Waals surface area contributed by atoms with Crippen molar-refractivity contribution in [2.45, 2.75) is 31.6 Å². The van der Waals surface area contributed by atoms with E-state index in [0.29, 0.717) is 11.5 Å². The summed E-state index contributed by atoms with van der Waals surface area (Å²) >= 11 is 0. The van der Waals surface area contributed by atoms with Gasteiger partial charge in [-0.05, 0) is 12.0 Å². The minimum absolute atomic E-state index is 0.113. The Kier molecular flexibility index (Phi) is 5.11. The molecule has 0 bridgehead atoms. The molecule has 2 aliphatic heterocycles. The molecular formula is C19H26N4O2S. The summed E-state index contributed by atoms with van der Waals surface area (Å²) in [5, 5.41) is 0. The minimum atomic E-state index is -2.95. The molecule has 2 aromatic rings. The molecule has 1 aromatic carbocycles. The van der Waals surface area contributed by atoms with Crippen LogP contribution in [0.2, 0.25) is 0 Å². The number of piperazine rings is 1. The molecule has 1 aromatic heterocycles. The van der Waals surface area contributed by atoms with Gasteiger partial charge in [0.25, 0.3) is 0 Å². The van der Waals surface area contributed by atoms with Gasteiger partial charge < -0.3 is 4.57 Å². The third kappa shape index (κ3) is 4.00. The van der Waals surface area contributed by atoms with E-state index in [-0.39, 0.29) is 12.1 Å². The van der Waals surface area contributed by atoms with Crippen LogP contribution in [0.1, 0.15) is 12.0 Å². The topological polar surface area (TPSA) is 58.4 Å². The first-order valence-corrected chi connectivity index (χ1v) is 11.1. The summed E-state index contributed by atoms with van der Waals surface area (Å²) in [6.07, 6.45) is 6.61. The van der Waals surface area contributed by atoms with E-state index < -0.39 is 9.84 Å². The summed E-state index contributed by atoms with van der Waals surface area (Å²) in [6, 6.07) is 10.6. The first kappa shape index (κ1) is 17.7. The zero-order valence-corrected chi connectivity index (χ0v) is 15.8. The SMILES string of the molecule is O=S1(=O)C[C@@H]2[C@H](C1)N(CCCn1ccnc1)CCN2Cc1ccccc1. The van der Waals surface area contributed by atoms with Crippen LogP contribution < -0.4 is 0 Å². The number of benzene rings is 1. The summed E-state index contributed by atoms with van der Waals surface area (Å²) in [7, 11) is -2.95. The van der Waals surface area contributed by atoms with Crippen molar-refractivity contribution >= 4 is 9.84 Å². The van der Waals surface area contributed by atoms with Gasteiger partial charge in [-0.15, -0.1) is 0 Å². The van der Waals surface area contributed by atoms with Gasteiger partial charge in [-0.1, -0.05) is 30.3 Å². The lowest BCUT2D eigenvalue weighted by Gasteiger charge is -2.44. The van der Waals surface area contributed by atoms with E-state index >= 15 is 0 Å². The van der Waals surface area contributed by atoms with E-state index in [1.807, 2.05) is 30.7 Å². The van der Waals surface area contributed by atoms with Crippen molar-refractivity contribution in [3.05, 3.63) is 54.6 Å². The molecule has 7 heteroatoms. The molecule has 0 aliphatic carbocycles. The molecule has 0 amide bonds. The molecule has 0 spiro atoms. The number of aryl methyl sites for hydroxylation is 1. The van der Waals surface area contributed by atoms with Crippen LogP contribution in [0.3, 0.4) is 0 Å². The van der Waals surface area contributed by atoms with Gasteiger partial charge in [0.1, 0.15) is 0 Å². The number of hydrogen-bond acceptors (Lipinski definition) is 5. The van der Waals surface area contributed by atoms with Gasteiger partial charge in [0.15, 0.2) is 9.84 Å². The molecule has 0 saturated carbocycles. The Hall–Kier alpha value is -1.70. The predicted molar refractivity (Wildman–Crippen MR) is 101 cm³/mol. The molecule has 3 heterocycles. The number of imidazole rings is 1. The molecule has 0 N–H and O–H groups in total. The van der Waals surface area contributed by atoms with Crippen molar-refractivity contribution in [3.63, 3.8) is 0 Å². The fourth-order valence-corrected chi connectivity index (χ4v) is 6.31. The molecule has 0 radical (unpaired) electrons. The van der Waals surface area contributed by atoms with Gasteiger partial charge in [-0.2, -0.15) is 0 Å². The largest absolute Gasteiger partial charge is 0.337 e. The van der Waals surface area contributed by atoms with Crippen molar-refractivity contribution in [1.29, 1.82) is 0 Å². The zero-order chi connectivity index (χ0) is 18.0. The van der Waals surface area contributed by atoms with Crippen LogP contribution in [0.15, 0.2) is 49.1 Å². The maximum absolute atomic E-state index is 12.3. The van der Waals surface area contributed by atoms with Crippen LogP contribution in [-0.2, 0) is 22.9 Å². The number of sulfone groups is 1. The molecular weight excluding hydrogens is 348 g/mol. The highest BCUT2D eigenvalue weighted by atomic mass is 32.2. The second-order valence-corrected chi connectivity index (χ2v) is 9.51. The van der Waals surface area contributed by atoms with Crippen LogP contribution >= 0.6 is 0 Å². The summed E-state index contributed by atoms with van der Waals surface area (Å²) in [5.74, 6) is 0.594. The van der Waals surface area contributed by atoms with E-state index in [1.165, 1.54) is 5.56 Å². The van der Waals surface area contributed by atoms with Crippen molar-refractivity contribution in [3.8, 4) is 0 Å². The summed E-state index contributed by atoms with van der Waals surface area (Å²) in [6.45, 7) is 4.56. The Labute approximate surface area is 155 Å². The molecule has 6 nitrogen and oxygen atoms in total. The summed E-state index contributed by atoms with van der Waals surface area (Å²) in [4.78, 5) is 8.84. The Morgan fingerprint density at radius 1 is 1.00 bits per heavy atom. The standard InChI is InChI=1S/C19H26N4O2S/c24-26(25)14-18-19(15-26)23(13-17-5-2-1-3-6-17)12-11-22(18)9-4-8-21-10-7-20-16-21/h1-3,5-7,10,16,18-19H,4,8-9,11-15H2/t18-,19+/m0/s1. The highest BCUT2D eigenvalue weighted by Crippen LogP contribution is 2.28. The normalized spacial score (nSPS) is 26.0. The number of hydrogen-bond donors (Lipinski definition) is 0. The Morgan fingerprint density at radius 3 is 2.46 bits per heavy atom. The van der Waals surface area contributed by atoms with E-state index in [0.717, 1.165) is 39.1 Å². The van der Waals surface area contributed by atoms with Gasteiger partial charge in [0, 0.05) is 57.2 Å². The molecule has 2 saturated heterocycles. The van der Waals surface area contributed by atoms with E-state index in [1.54, 1.807) is 6.20 Å². The molecule has 4 rings (SSSR count). The average molecular weight is 375 g/mol. The highest BCUT2D eigenvalue weighted by Gasteiger charge is 2.46. The van der Waals surface area contributed by atoms with Crippen LogP contribution in [-0.4, -0.2) is 71.0 Å². The molecule has 26 heavy (non-hydrogen) atoms.